The maximum absolute atomic E-state index is 11.4. The van der Waals surface area contributed by atoms with Crippen molar-refractivity contribution in [2.75, 3.05) is 5.32 Å². The van der Waals surface area contributed by atoms with Crippen molar-refractivity contribution in [3.8, 4) is 0 Å². The Hall–Kier alpha value is -1.83. The highest BCUT2D eigenvalue weighted by Gasteiger charge is 2.19. The van der Waals surface area contributed by atoms with Gasteiger partial charge < -0.3 is 5.32 Å². The molecule has 1 aliphatic rings. The SMILES string of the molecule is CC.CCC.O=C1Nc2cccc3cccc1c23. The summed E-state index contributed by atoms with van der Waals surface area (Å²) < 4.78 is 0. The Morgan fingerprint density at radius 1 is 1.00 bits per heavy atom. The second-order valence-electron chi connectivity index (χ2n) is 3.87. The molecule has 0 aliphatic carbocycles. The number of hydrogen-bond acceptors (Lipinski definition) is 1. The van der Waals surface area contributed by atoms with Crippen LogP contribution in [-0.2, 0) is 0 Å². The number of rotatable bonds is 0. The van der Waals surface area contributed by atoms with Crippen molar-refractivity contribution in [1.29, 1.82) is 0 Å². The van der Waals surface area contributed by atoms with E-state index >= 15 is 0 Å². The summed E-state index contributed by atoms with van der Waals surface area (Å²) in [5.74, 6) is 0.00630. The van der Waals surface area contributed by atoms with E-state index in [-0.39, 0.29) is 5.91 Å². The Balaban J connectivity index is 0.000000288. The molecule has 2 aromatic rings. The number of nitrogens with one attached hydrogen (secondary N) is 1. The highest BCUT2D eigenvalue weighted by molar-refractivity contribution is 6.23. The van der Waals surface area contributed by atoms with E-state index in [0.29, 0.717) is 0 Å². The Labute approximate surface area is 109 Å². The van der Waals surface area contributed by atoms with Gasteiger partial charge in [0.1, 0.15) is 0 Å². The van der Waals surface area contributed by atoms with Gasteiger partial charge >= 0.3 is 0 Å². The van der Waals surface area contributed by atoms with Gasteiger partial charge in [-0.15, -0.1) is 0 Å². The Morgan fingerprint density at radius 3 is 2.17 bits per heavy atom. The number of hydrogen-bond donors (Lipinski definition) is 1. The Kier molecular flexibility index (Phi) is 5.37. The number of amides is 1. The van der Waals surface area contributed by atoms with Crippen LogP contribution in [0.15, 0.2) is 36.4 Å². The zero-order chi connectivity index (χ0) is 13.5. The molecule has 0 aromatic heterocycles. The Bertz CT molecular complexity index is 526. The maximum Gasteiger partial charge on any atom is 0.256 e. The lowest BCUT2D eigenvalue weighted by Crippen LogP contribution is -2.03. The van der Waals surface area contributed by atoms with Crippen LogP contribution in [0.1, 0.15) is 44.5 Å². The molecule has 0 unspecified atom stereocenters. The van der Waals surface area contributed by atoms with Gasteiger partial charge in [0.15, 0.2) is 0 Å². The first-order valence-electron chi connectivity index (χ1n) is 6.61. The predicted octanol–water partition coefficient (Wildman–Crippen LogP) is 4.85. The molecular formula is C16H21NO. The van der Waals surface area contributed by atoms with Gasteiger partial charge in [-0.3, -0.25) is 4.79 Å². The number of carbonyl (C=O) groups is 1. The lowest BCUT2D eigenvalue weighted by Gasteiger charge is -1.97. The average molecular weight is 243 g/mol. The first-order chi connectivity index (χ1) is 8.77. The van der Waals surface area contributed by atoms with Crippen LogP contribution in [-0.4, -0.2) is 5.91 Å². The molecule has 0 atom stereocenters. The smallest absolute Gasteiger partial charge is 0.256 e. The molecule has 3 rings (SSSR count). The minimum atomic E-state index is 0.00630. The minimum absolute atomic E-state index is 0.00630. The zero-order valence-electron chi connectivity index (χ0n) is 11.6. The lowest BCUT2D eigenvalue weighted by molar-refractivity contribution is 0.103. The second kappa shape index (κ2) is 6.80. The monoisotopic (exact) mass is 243 g/mol. The lowest BCUT2D eigenvalue weighted by atomic mass is 10.1. The summed E-state index contributed by atoms with van der Waals surface area (Å²) in [4.78, 5) is 11.4. The summed E-state index contributed by atoms with van der Waals surface area (Å²) >= 11 is 0. The summed E-state index contributed by atoms with van der Waals surface area (Å²) in [6.07, 6.45) is 1.25. The fourth-order valence-electron chi connectivity index (χ4n) is 1.82. The first-order valence-corrected chi connectivity index (χ1v) is 6.61. The van der Waals surface area contributed by atoms with Gasteiger partial charge in [0, 0.05) is 16.6 Å². The molecule has 1 N–H and O–H groups in total. The van der Waals surface area contributed by atoms with Crippen molar-refractivity contribution >= 4 is 22.4 Å². The van der Waals surface area contributed by atoms with Gasteiger partial charge in [0.25, 0.3) is 5.91 Å². The molecular weight excluding hydrogens is 222 g/mol. The van der Waals surface area contributed by atoms with E-state index in [1.165, 1.54) is 6.42 Å². The molecule has 0 fully saturated rings. The molecule has 2 heteroatoms. The predicted molar refractivity (Wildman–Crippen MR) is 79.2 cm³/mol. The third-order valence-corrected chi connectivity index (χ3v) is 2.40. The topological polar surface area (TPSA) is 29.1 Å². The molecule has 1 aliphatic heterocycles. The van der Waals surface area contributed by atoms with E-state index in [2.05, 4.69) is 19.2 Å². The highest BCUT2D eigenvalue weighted by Crippen LogP contribution is 2.32. The number of benzene rings is 2. The first kappa shape index (κ1) is 14.2. The van der Waals surface area contributed by atoms with Gasteiger partial charge in [-0.25, -0.2) is 0 Å². The van der Waals surface area contributed by atoms with E-state index in [1.54, 1.807) is 0 Å². The summed E-state index contributed by atoms with van der Waals surface area (Å²) in [5, 5.41) is 5.00. The molecule has 96 valence electrons. The molecule has 2 aromatic carbocycles. The molecule has 0 radical (unpaired) electrons. The summed E-state index contributed by atoms with van der Waals surface area (Å²) in [7, 11) is 0. The van der Waals surface area contributed by atoms with E-state index in [1.807, 2.05) is 50.2 Å². The highest BCUT2D eigenvalue weighted by atomic mass is 16.1. The summed E-state index contributed by atoms with van der Waals surface area (Å²) in [6, 6.07) is 11.7. The minimum Gasteiger partial charge on any atom is -0.321 e. The molecule has 0 spiro atoms. The molecule has 0 saturated heterocycles. The fraction of sp³-hybridized carbons (Fsp3) is 0.312. The van der Waals surface area contributed by atoms with E-state index in [9.17, 15) is 4.79 Å². The zero-order valence-corrected chi connectivity index (χ0v) is 11.6. The van der Waals surface area contributed by atoms with Gasteiger partial charge in [-0.1, -0.05) is 58.4 Å². The molecule has 1 heterocycles. The van der Waals surface area contributed by atoms with E-state index in [4.69, 9.17) is 0 Å². The van der Waals surface area contributed by atoms with Crippen molar-refractivity contribution in [2.45, 2.75) is 34.1 Å². The van der Waals surface area contributed by atoms with Crippen LogP contribution in [0.5, 0.6) is 0 Å². The van der Waals surface area contributed by atoms with Crippen molar-refractivity contribution in [3.63, 3.8) is 0 Å². The van der Waals surface area contributed by atoms with Crippen LogP contribution in [0.2, 0.25) is 0 Å². The van der Waals surface area contributed by atoms with Crippen molar-refractivity contribution in [1.82, 2.24) is 0 Å². The summed E-state index contributed by atoms with van der Waals surface area (Å²) in [6.45, 7) is 8.25. The molecule has 0 saturated carbocycles. The van der Waals surface area contributed by atoms with Crippen LogP contribution in [0.3, 0.4) is 0 Å². The largest absolute Gasteiger partial charge is 0.321 e. The molecule has 18 heavy (non-hydrogen) atoms. The average Bonchev–Trinajstić information content (AvgIpc) is 2.73. The quantitative estimate of drug-likeness (QED) is 0.704. The normalized spacial score (nSPS) is 11.0. The van der Waals surface area contributed by atoms with Crippen molar-refractivity contribution < 1.29 is 4.79 Å². The van der Waals surface area contributed by atoms with Crippen LogP contribution in [0.25, 0.3) is 10.8 Å². The Morgan fingerprint density at radius 2 is 1.56 bits per heavy atom. The molecule has 1 amide bonds. The summed E-state index contributed by atoms with van der Waals surface area (Å²) in [5.41, 5.74) is 1.71. The second-order valence-corrected chi connectivity index (χ2v) is 3.87. The van der Waals surface area contributed by atoms with E-state index < -0.39 is 0 Å². The third-order valence-electron chi connectivity index (χ3n) is 2.40. The fourth-order valence-corrected chi connectivity index (χ4v) is 1.82. The number of carbonyl (C=O) groups excluding carboxylic acids is 1. The third kappa shape index (κ3) is 2.70. The molecule has 0 bridgehead atoms. The van der Waals surface area contributed by atoms with Crippen LogP contribution >= 0.6 is 0 Å². The van der Waals surface area contributed by atoms with Gasteiger partial charge in [-0.2, -0.15) is 0 Å². The van der Waals surface area contributed by atoms with Crippen molar-refractivity contribution in [2.24, 2.45) is 0 Å². The van der Waals surface area contributed by atoms with Gasteiger partial charge in [-0.05, 0) is 17.5 Å². The van der Waals surface area contributed by atoms with Crippen molar-refractivity contribution in [3.05, 3.63) is 42.0 Å². The maximum atomic E-state index is 11.4. The van der Waals surface area contributed by atoms with E-state index in [0.717, 1.165) is 22.0 Å². The van der Waals surface area contributed by atoms with Gasteiger partial charge in [0.05, 0.1) is 0 Å². The van der Waals surface area contributed by atoms with Crippen LogP contribution < -0.4 is 5.32 Å². The van der Waals surface area contributed by atoms with Crippen LogP contribution in [0.4, 0.5) is 5.69 Å². The van der Waals surface area contributed by atoms with Crippen LogP contribution in [0, 0.1) is 0 Å². The van der Waals surface area contributed by atoms with Gasteiger partial charge in [0.2, 0.25) is 0 Å². The number of anilines is 1. The standard InChI is InChI=1S/C11H7NO.C3H8.C2H6/c13-11-8-5-1-3-7-4-2-6-9(12-11)10(7)8;1-3-2;1-2/h1-6H,(H,12,13);3H2,1-2H3;1-2H3. The molecule has 2 nitrogen and oxygen atoms in total.